The molecule has 1 unspecified atom stereocenters. The zero-order chi connectivity index (χ0) is 9.26. The molecule has 0 aliphatic carbocycles. The zero-order valence-electron chi connectivity index (χ0n) is 7.05. The second-order valence-corrected chi connectivity index (χ2v) is 3.12. The van der Waals surface area contributed by atoms with Gasteiger partial charge in [-0.05, 0) is 24.6 Å². The first-order valence-corrected chi connectivity index (χ1v) is 4.24. The summed E-state index contributed by atoms with van der Waals surface area (Å²) in [6, 6.07) is 4.00. The molecule has 0 bridgehead atoms. The van der Waals surface area contributed by atoms with E-state index in [0.717, 1.165) is 13.0 Å². The number of aromatic hydroxyl groups is 1. The fourth-order valence-electron chi connectivity index (χ4n) is 1.52. The molecule has 0 aromatic heterocycles. The van der Waals surface area contributed by atoms with Crippen LogP contribution in [0, 0.1) is 5.82 Å². The van der Waals surface area contributed by atoms with Crippen LogP contribution < -0.4 is 10.9 Å². The molecule has 2 rings (SSSR count). The fourth-order valence-corrected chi connectivity index (χ4v) is 1.52. The van der Waals surface area contributed by atoms with Gasteiger partial charge in [0, 0.05) is 12.1 Å². The van der Waals surface area contributed by atoms with Crippen LogP contribution in [-0.4, -0.2) is 11.7 Å². The zero-order valence-corrected chi connectivity index (χ0v) is 7.05. The average molecular weight is 182 g/mol. The van der Waals surface area contributed by atoms with Gasteiger partial charge in [0.1, 0.15) is 11.6 Å². The van der Waals surface area contributed by atoms with Crippen LogP contribution in [0.1, 0.15) is 18.0 Å². The van der Waals surface area contributed by atoms with Crippen molar-refractivity contribution in [2.45, 2.75) is 12.5 Å². The molecule has 1 fully saturated rings. The summed E-state index contributed by atoms with van der Waals surface area (Å²) < 4.78 is 12.8. The van der Waals surface area contributed by atoms with Gasteiger partial charge in [0.05, 0.1) is 6.04 Å². The summed E-state index contributed by atoms with van der Waals surface area (Å²) in [4.78, 5) is 0. The molecule has 13 heavy (non-hydrogen) atoms. The van der Waals surface area contributed by atoms with Crippen LogP contribution in [0.15, 0.2) is 18.2 Å². The van der Waals surface area contributed by atoms with Crippen molar-refractivity contribution >= 4 is 0 Å². The number of hydrogen-bond acceptors (Lipinski definition) is 3. The van der Waals surface area contributed by atoms with Gasteiger partial charge in [0.2, 0.25) is 0 Å². The second-order valence-electron chi connectivity index (χ2n) is 3.12. The minimum atomic E-state index is -0.318. The Balaban J connectivity index is 2.32. The summed E-state index contributed by atoms with van der Waals surface area (Å²) in [6.45, 7) is 0.834. The standard InChI is InChI=1S/C9H11FN2O/c10-6-1-2-9(13)7(5-6)8-3-4-11-12-8/h1-2,5,8,11-13H,3-4H2. The summed E-state index contributed by atoms with van der Waals surface area (Å²) in [5, 5.41) is 9.46. The van der Waals surface area contributed by atoms with E-state index in [2.05, 4.69) is 10.9 Å². The maximum Gasteiger partial charge on any atom is 0.123 e. The highest BCUT2D eigenvalue weighted by atomic mass is 19.1. The average Bonchev–Trinajstić information content (AvgIpc) is 2.61. The highest BCUT2D eigenvalue weighted by Gasteiger charge is 2.19. The highest BCUT2D eigenvalue weighted by molar-refractivity contribution is 5.35. The molecule has 3 nitrogen and oxygen atoms in total. The predicted octanol–water partition coefficient (Wildman–Crippen LogP) is 1.07. The van der Waals surface area contributed by atoms with E-state index < -0.39 is 0 Å². The lowest BCUT2D eigenvalue weighted by atomic mass is 10.0. The number of rotatable bonds is 1. The SMILES string of the molecule is Oc1ccc(F)cc1C1CCNN1. The van der Waals surface area contributed by atoms with Crippen LogP contribution in [-0.2, 0) is 0 Å². The van der Waals surface area contributed by atoms with E-state index in [1.54, 1.807) is 0 Å². The lowest BCUT2D eigenvalue weighted by Crippen LogP contribution is -2.24. The lowest BCUT2D eigenvalue weighted by molar-refractivity contribution is 0.450. The number of nitrogens with one attached hydrogen (secondary N) is 2. The van der Waals surface area contributed by atoms with Gasteiger partial charge in [-0.25, -0.2) is 4.39 Å². The normalized spacial score (nSPS) is 22.1. The fraction of sp³-hybridized carbons (Fsp3) is 0.333. The van der Waals surface area contributed by atoms with E-state index in [9.17, 15) is 9.50 Å². The van der Waals surface area contributed by atoms with E-state index in [4.69, 9.17) is 0 Å². The lowest BCUT2D eigenvalue weighted by Gasteiger charge is -2.11. The largest absolute Gasteiger partial charge is 0.508 e. The van der Waals surface area contributed by atoms with Gasteiger partial charge in [-0.15, -0.1) is 0 Å². The van der Waals surface area contributed by atoms with Crippen LogP contribution in [0.5, 0.6) is 5.75 Å². The summed E-state index contributed by atoms with van der Waals surface area (Å²) >= 11 is 0. The molecule has 0 amide bonds. The quantitative estimate of drug-likeness (QED) is 0.608. The van der Waals surface area contributed by atoms with Crippen LogP contribution in [0.2, 0.25) is 0 Å². The molecule has 0 spiro atoms. The van der Waals surface area contributed by atoms with Gasteiger partial charge in [-0.1, -0.05) is 0 Å². The number of hydrazine groups is 1. The van der Waals surface area contributed by atoms with E-state index in [1.807, 2.05) is 0 Å². The maximum absolute atomic E-state index is 12.8. The molecular formula is C9H11FN2O. The molecular weight excluding hydrogens is 171 g/mol. The number of benzene rings is 1. The predicted molar refractivity (Wildman–Crippen MR) is 46.6 cm³/mol. The first kappa shape index (κ1) is 8.47. The van der Waals surface area contributed by atoms with E-state index in [-0.39, 0.29) is 17.6 Å². The summed E-state index contributed by atoms with van der Waals surface area (Å²) in [6.07, 6.45) is 0.858. The van der Waals surface area contributed by atoms with Crippen molar-refractivity contribution in [1.82, 2.24) is 10.9 Å². The molecule has 0 saturated carbocycles. The Morgan fingerprint density at radius 2 is 2.31 bits per heavy atom. The van der Waals surface area contributed by atoms with Gasteiger partial charge >= 0.3 is 0 Å². The molecule has 1 aliphatic heterocycles. The molecule has 1 atom stereocenters. The van der Waals surface area contributed by atoms with Crippen molar-refractivity contribution in [2.75, 3.05) is 6.54 Å². The molecule has 1 heterocycles. The smallest absolute Gasteiger partial charge is 0.123 e. The monoisotopic (exact) mass is 182 g/mol. The van der Waals surface area contributed by atoms with Crippen molar-refractivity contribution in [3.05, 3.63) is 29.6 Å². The highest BCUT2D eigenvalue weighted by Crippen LogP contribution is 2.27. The van der Waals surface area contributed by atoms with Crippen molar-refractivity contribution in [3.63, 3.8) is 0 Å². The minimum absolute atomic E-state index is 0.00991. The molecule has 1 aromatic carbocycles. The van der Waals surface area contributed by atoms with Crippen LogP contribution in [0.25, 0.3) is 0 Å². The second kappa shape index (κ2) is 3.32. The minimum Gasteiger partial charge on any atom is -0.508 e. The summed E-state index contributed by atoms with van der Waals surface area (Å²) in [5.74, 6) is -0.177. The van der Waals surface area contributed by atoms with Crippen LogP contribution in [0.3, 0.4) is 0 Å². The number of phenols is 1. The third-order valence-electron chi connectivity index (χ3n) is 2.20. The topological polar surface area (TPSA) is 44.3 Å². The Morgan fingerprint density at radius 1 is 1.46 bits per heavy atom. The van der Waals surface area contributed by atoms with Gasteiger partial charge in [0.25, 0.3) is 0 Å². The van der Waals surface area contributed by atoms with Crippen LogP contribution in [0.4, 0.5) is 4.39 Å². The Kier molecular flexibility index (Phi) is 2.16. The first-order chi connectivity index (χ1) is 6.27. The van der Waals surface area contributed by atoms with E-state index in [1.165, 1.54) is 18.2 Å². The Labute approximate surface area is 75.6 Å². The molecule has 1 aliphatic rings. The van der Waals surface area contributed by atoms with Gasteiger partial charge in [-0.2, -0.15) is 0 Å². The van der Waals surface area contributed by atoms with E-state index in [0.29, 0.717) is 5.56 Å². The third kappa shape index (κ3) is 1.64. The molecule has 1 saturated heterocycles. The van der Waals surface area contributed by atoms with Crippen molar-refractivity contribution < 1.29 is 9.50 Å². The van der Waals surface area contributed by atoms with E-state index >= 15 is 0 Å². The Bertz CT molecular complexity index is 310. The Hall–Kier alpha value is -1.13. The molecule has 3 N–H and O–H groups in total. The number of phenolic OH excluding ortho intramolecular Hbond substituents is 1. The summed E-state index contributed by atoms with van der Waals surface area (Å²) in [7, 11) is 0. The van der Waals surface area contributed by atoms with Gasteiger partial charge in [0.15, 0.2) is 0 Å². The maximum atomic E-state index is 12.8. The first-order valence-electron chi connectivity index (χ1n) is 4.24. The summed E-state index contributed by atoms with van der Waals surface area (Å²) in [5.41, 5.74) is 6.51. The van der Waals surface area contributed by atoms with Crippen LogP contribution >= 0.6 is 0 Å². The van der Waals surface area contributed by atoms with Crippen molar-refractivity contribution in [1.29, 1.82) is 0 Å². The van der Waals surface area contributed by atoms with Crippen molar-refractivity contribution in [2.24, 2.45) is 0 Å². The molecule has 4 heteroatoms. The molecule has 0 radical (unpaired) electrons. The number of halogens is 1. The Morgan fingerprint density at radius 3 is 3.00 bits per heavy atom. The van der Waals surface area contributed by atoms with Gasteiger partial charge in [-0.3, -0.25) is 10.9 Å². The molecule has 70 valence electrons. The molecule has 1 aromatic rings. The third-order valence-corrected chi connectivity index (χ3v) is 2.20. The van der Waals surface area contributed by atoms with Crippen molar-refractivity contribution in [3.8, 4) is 5.75 Å². The van der Waals surface area contributed by atoms with Gasteiger partial charge < -0.3 is 5.11 Å². The number of hydrogen-bond donors (Lipinski definition) is 3.